The number of aliphatic carboxylic acids is 1. The maximum absolute atomic E-state index is 12.2. The lowest BCUT2D eigenvalue weighted by Gasteiger charge is -2.30. The summed E-state index contributed by atoms with van der Waals surface area (Å²) < 4.78 is 33.8. The smallest absolute Gasteiger partial charge is 0.318 e. The van der Waals surface area contributed by atoms with Crippen molar-refractivity contribution in [3.63, 3.8) is 0 Å². The van der Waals surface area contributed by atoms with E-state index in [0.29, 0.717) is 37.1 Å². The Balaban J connectivity index is 0.000000193. The summed E-state index contributed by atoms with van der Waals surface area (Å²) in [6, 6.07) is 48.3. The van der Waals surface area contributed by atoms with Crippen molar-refractivity contribution in [2.45, 2.75) is 82.5 Å². The van der Waals surface area contributed by atoms with Crippen molar-refractivity contribution in [3.05, 3.63) is 191 Å². The lowest BCUT2D eigenvalue weighted by Crippen LogP contribution is -2.50. The number of nitrogens with one attached hydrogen (secondary N) is 3. The van der Waals surface area contributed by atoms with Crippen molar-refractivity contribution in [1.82, 2.24) is 64.8 Å². The summed E-state index contributed by atoms with van der Waals surface area (Å²) in [6.45, 7) is 12.7. The fraction of sp³-hybridized carbons (Fsp3) is 0.311. The Labute approximate surface area is 612 Å². The zero-order valence-corrected chi connectivity index (χ0v) is 61.7. The molecular weight excluding hydrogens is 1420 g/mol. The van der Waals surface area contributed by atoms with Crippen molar-refractivity contribution in [2.75, 3.05) is 40.3 Å². The van der Waals surface area contributed by atoms with Gasteiger partial charge in [0.15, 0.2) is 12.5 Å². The van der Waals surface area contributed by atoms with Crippen LogP contribution in [0.2, 0.25) is 0 Å². The number of alkyl halides is 1. The Hall–Kier alpha value is -11.9. The summed E-state index contributed by atoms with van der Waals surface area (Å²) >= 11 is 5.92. The largest absolute Gasteiger partial charge is 0.481 e. The first-order valence-corrected chi connectivity index (χ1v) is 33.7. The van der Waals surface area contributed by atoms with Gasteiger partial charge < -0.3 is 28.9 Å². The molecule has 0 aliphatic carbocycles. The second-order valence-corrected chi connectivity index (χ2v) is 24.4. The van der Waals surface area contributed by atoms with Gasteiger partial charge in [0.05, 0.1) is 132 Å². The number of hydrogen-bond acceptors (Lipinski definition) is 20. The highest BCUT2D eigenvalue weighted by Crippen LogP contribution is 2.37. The van der Waals surface area contributed by atoms with Crippen LogP contribution in [0, 0.1) is 17.9 Å². The molecule has 4 N–H and O–H groups in total. The van der Waals surface area contributed by atoms with Gasteiger partial charge in [0.2, 0.25) is 18.4 Å². The maximum atomic E-state index is 12.2. The van der Waals surface area contributed by atoms with Gasteiger partial charge in [-0.05, 0) is 63.6 Å². The number of H-pyrrole nitrogens is 2. The molecule has 30 heteroatoms. The number of imide groups is 1. The van der Waals surface area contributed by atoms with Crippen LogP contribution in [-0.4, -0.2) is 151 Å². The number of aromatic amines is 2. The van der Waals surface area contributed by atoms with Crippen molar-refractivity contribution in [3.8, 4) is 6.07 Å². The molecule has 3 atom stereocenters. The third-order valence-electron chi connectivity index (χ3n) is 16.8. The third kappa shape index (κ3) is 20.0. The zero-order chi connectivity index (χ0) is 76.3. The summed E-state index contributed by atoms with van der Waals surface area (Å²) in [5.41, 5.74) is 8.43. The predicted molar refractivity (Wildman–Crippen MR) is 396 cm³/mol. The molecule has 6 aromatic heterocycles. The highest BCUT2D eigenvalue weighted by molar-refractivity contribution is 9.09. The Bertz CT molecular complexity index is 5060. The standard InChI is InChI=1S/C15H17N3O2.C14H15N3O2.C12H14N2O2.C11H12N2O2.C10H10N2O2.C9H8N2O2.C3H4BrN.OS/c1-15(9-10-16-2,14(19)20-4)13-11-7-5-6-8-12(11)18(3)17-13;1-14(8-7-11(18)15-13(14)19)12-9-5-3-4-6-10(9)17(2)16-12;1-8(12(15)16-3)11-9-6-4-5-7-10(9)14(2)13-11;1-13-10-6-4-3-5-8(10)9(12-13)7-11(14)15-2;1-14-10(13)6-9-7-4-2-3-5-8(7)11-12-9;12-9(13)5-8-6-3-1-2-4-7(6)10-11-8;4-2-1-3-5;1-2/h5-8H,9-10H2,1,3-4H3;3-6H,7-8H2,1-2H3,(H,15,18,19);4-8H,1-3H3;3-6H,7H2,1-2H3;2-5H,6H2,1H3,(H,11,12);1-4H,5H2,(H,10,11)(H,12,13);1-2H2;. The highest BCUT2D eigenvalue weighted by atomic mass is 79.9. The van der Waals surface area contributed by atoms with Crippen LogP contribution in [0.1, 0.15) is 86.5 Å². The number of fused-ring (bicyclic) bond motifs is 6. The summed E-state index contributed by atoms with van der Waals surface area (Å²) in [6.07, 6.45) is 2.30. The van der Waals surface area contributed by atoms with Gasteiger partial charge in [0, 0.05) is 85.1 Å². The van der Waals surface area contributed by atoms with Crippen LogP contribution in [0.4, 0.5) is 0 Å². The van der Waals surface area contributed by atoms with E-state index in [1.54, 1.807) is 32.6 Å². The van der Waals surface area contributed by atoms with Gasteiger partial charge in [-0.3, -0.25) is 67.8 Å². The van der Waals surface area contributed by atoms with E-state index in [0.717, 1.165) is 93.5 Å². The van der Waals surface area contributed by atoms with Gasteiger partial charge in [0.25, 0.3) is 0 Å². The molecule has 13 rings (SSSR count). The molecule has 1 aliphatic heterocycles. The molecule has 0 saturated carbocycles. The molecule has 7 heterocycles. The number of piperidine rings is 1. The molecule has 12 aromatic rings. The molecule has 542 valence electrons. The lowest BCUT2D eigenvalue weighted by atomic mass is 9.77. The predicted octanol–water partition coefficient (Wildman–Crippen LogP) is 10.1. The number of nitriles is 1. The first-order valence-electron chi connectivity index (χ1n) is 32.2. The SMILES string of the molecule is COC(=O)C(C)c1nn(C)c2ccccc12.COC(=O)Cc1[nH]nc2ccccc12.COC(=O)Cc1nn(C)c2ccccc12.Cn1nc(C2(C)CCC(=O)NC2=O)c2ccccc21.N#CCCBr.O=C(O)Cc1[nH]nc2ccccc12.O=S.[C-]#[N+]CCC(C)(C(=O)OC)c1nn(C)c2ccccc12. The Morgan fingerprint density at radius 1 is 0.644 bits per heavy atom. The van der Waals surface area contributed by atoms with Gasteiger partial charge in [-0.15, -0.1) is 0 Å². The number of amides is 2. The minimum absolute atomic E-state index is 0.0134. The molecule has 3 unspecified atom stereocenters. The Morgan fingerprint density at radius 2 is 1.10 bits per heavy atom. The zero-order valence-electron chi connectivity index (χ0n) is 59.3. The van der Waals surface area contributed by atoms with E-state index in [2.05, 4.69) is 88.9 Å². The van der Waals surface area contributed by atoms with Crippen LogP contribution < -0.4 is 5.32 Å². The van der Waals surface area contributed by atoms with E-state index < -0.39 is 16.8 Å². The molecule has 1 fully saturated rings. The molecule has 1 aliphatic rings. The number of aryl methyl sites for hydroxylation is 4. The van der Waals surface area contributed by atoms with Crippen LogP contribution in [-0.2, 0) is 123 Å². The van der Waals surface area contributed by atoms with Crippen LogP contribution >= 0.6 is 15.9 Å². The molecule has 0 spiro atoms. The van der Waals surface area contributed by atoms with E-state index in [-0.39, 0.29) is 67.4 Å². The number of aromatic nitrogens is 12. The topological polar surface area (TPSA) is 363 Å². The van der Waals surface area contributed by atoms with Gasteiger partial charge in [-0.25, -0.2) is 6.57 Å². The molecule has 6 aromatic carbocycles. The van der Waals surface area contributed by atoms with Crippen LogP contribution in [0.15, 0.2) is 146 Å². The average Bonchev–Trinajstić information content (AvgIpc) is 1.59. The average molecular weight is 1500 g/mol. The number of carboxylic acids is 1. The maximum Gasteiger partial charge on any atom is 0.318 e. The van der Waals surface area contributed by atoms with Crippen molar-refractivity contribution < 1.29 is 61.8 Å². The first kappa shape index (κ1) is 81.1. The lowest BCUT2D eigenvalue weighted by molar-refractivity contribution is -0.147. The molecule has 2 amide bonds. The van der Waals surface area contributed by atoms with Crippen molar-refractivity contribution in [2.24, 2.45) is 28.2 Å². The highest BCUT2D eigenvalue weighted by Gasteiger charge is 2.44. The number of carbonyl (C=O) groups is 7. The van der Waals surface area contributed by atoms with E-state index >= 15 is 0 Å². The fourth-order valence-corrected chi connectivity index (χ4v) is 11.5. The van der Waals surface area contributed by atoms with Gasteiger partial charge in [-0.1, -0.05) is 125 Å². The van der Waals surface area contributed by atoms with Crippen molar-refractivity contribution in [1.29, 1.82) is 5.26 Å². The van der Waals surface area contributed by atoms with Crippen LogP contribution in [0.3, 0.4) is 0 Å². The van der Waals surface area contributed by atoms with Crippen LogP contribution in [0.25, 0.3) is 70.3 Å². The second kappa shape index (κ2) is 38.8. The molecule has 1 saturated heterocycles. The van der Waals surface area contributed by atoms with E-state index in [4.69, 9.17) is 30.6 Å². The number of nitrogens with zero attached hydrogens (tertiary/aromatic N) is 12. The number of benzene rings is 6. The monoisotopic (exact) mass is 1500 g/mol. The summed E-state index contributed by atoms with van der Waals surface area (Å²) in [5.74, 6) is -2.80. The number of carbonyl (C=O) groups excluding carboxylic acids is 6. The normalized spacial score (nSPS) is 13.5. The molecule has 28 nitrogen and oxygen atoms in total. The molecule has 104 heavy (non-hydrogen) atoms. The third-order valence-corrected chi connectivity index (χ3v) is 17.2. The molecule has 0 bridgehead atoms. The number of para-hydroxylation sites is 6. The Morgan fingerprint density at radius 3 is 1.60 bits per heavy atom. The van der Waals surface area contributed by atoms with Gasteiger partial charge in [-0.2, -0.15) is 40.1 Å². The second-order valence-electron chi connectivity index (χ2n) is 23.6. The number of carboxylic acid groups (broad SMARTS) is 1. The fourth-order valence-electron chi connectivity index (χ4n) is 11.3. The first-order chi connectivity index (χ1) is 49.9. The summed E-state index contributed by atoms with van der Waals surface area (Å²) in [4.78, 5) is 83.3. The number of methoxy groups -OCH3 is 4. The van der Waals surface area contributed by atoms with E-state index in [9.17, 15) is 33.6 Å². The summed E-state index contributed by atoms with van der Waals surface area (Å²) in [5, 5.41) is 56.6. The van der Waals surface area contributed by atoms with Gasteiger partial charge in [0.1, 0.15) is 5.41 Å². The van der Waals surface area contributed by atoms with Crippen LogP contribution in [0.5, 0.6) is 0 Å². The minimum Gasteiger partial charge on any atom is -0.481 e. The molecule has 0 radical (unpaired) electrons. The minimum atomic E-state index is -0.903. The number of halogens is 1. The number of hydrogen-bond donors (Lipinski definition) is 4. The number of rotatable bonds is 14. The van der Waals surface area contributed by atoms with Crippen molar-refractivity contribution >= 4 is 136 Å². The number of ether oxygens (including phenoxy) is 4. The van der Waals surface area contributed by atoms with Gasteiger partial charge >= 0.3 is 29.8 Å². The quantitative estimate of drug-likeness (QED) is 0.0258. The Kier molecular flexibility index (Phi) is 30.2. The molecular formula is C74H80BrN15O13S. The number of esters is 4. The summed E-state index contributed by atoms with van der Waals surface area (Å²) in [7, 11) is 13.0. The van der Waals surface area contributed by atoms with E-state index in [1.807, 2.05) is 187 Å². The van der Waals surface area contributed by atoms with E-state index in [1.165, 1.54) is 28.4 Å².